The number of nitrogens with one attached hydrogen (secondary N) is 3. The first-order valence-corrected chi connectivity index (χ1v) is 27.2. The molecular formula is C60H73N9O16. The highest BCUT2D eigenvalue weighted by Crippen LogP contribution is 2.42. The summed E-state index contributed by atoms with van der Waals surface area (Å²) in [5.41, 5.74) is 10.8. The Morgan fingerprint density at radius 2 is 1.59 bits per heavy atom. The van der Waals surface area contributed by atoms with Gasteiger partial charge >= 0.3 is 18.0 Å². The van der Waals surface area contributed by atoms with Crippen molar-refractivity contribution in [3.05, 3.63) is 115 Å². The molecule has 3 aliphatic heterocycles. The zero-order chi connectivity index (χ0) is 59.5. The predicted molar refractivity (Wildman–Crippen MR) is 309 cm³/mol. The van der Waals surface area contributed by atoms with Crippen LogP contribution in [0.1, 0.15) is 94.2 Å². The fourth-order valence-electron chi connectivity index (χ4n) is 10.1. The first kappa shape index (κ1) is 66.8. The summed E-state index contributed by atoms with van der Waals surface area (Å²) in [5, 5.41) is 21.9. The van der Waals surface area contributed by atoms with E-state index in [0.29, 0.717) is 66.7 Å². The van der Waals surface area contributed by atoms with Gasteiger partial charge in [0.2, 0.25) is 17.4 Å². The number of carbonyl (C=O) groups excluding carboxylic acids is 8. The Kier molecular flexibility index (Phi) is 25.3. The third kappa shape index (κ3) is 17.3. The summed E-state index contributed by atoms with van der Waals surface area (Å²) in [6.07, 6.45) is 10.6. The molecule has 1 saturated carbocycles. The number of hydrogen-bond acceptors (Lipinski definition) is 18. The Bertz CT molecular complexity index is 3270. The minimum absolute atomic E-state index is 0. The van der Waals surface area contributed by atoms with Crippen molar-refractivity contribution in [2.45, 2.75) is 99.0 Å². The Labute approximate surface area is 491 Å². The van der Waals surface area contributed by atoms with E-state index < -0.39 is 41.6 Å². The quantitative estimate of drug-likeness (QED) is 0.00812. The number of imide groups is 1. The number of aromatic hydroxyl groups is 1. The molecule has 0 spiro atoms. The molecule has 5 amide bonds. The van der Waals surface area contributed by atoms with E-state index in [-0.39, 0.29) is 133 Å². The summed E-state index contributed by atoms with van der Waals surface area (Å²) < 4.78 is 33.8. The summed E-state index contributed by atoms with van der Waals surface area (Å²) >= 11 is 0. The monoisotopic (exact) mass is 1180 g/mol. The first-order valence-electron chi connectivity index (χ1n) is 27.2. The van der Waals surface area contributed by atoms with Crippen LogP contribution in [0.5, 0.6) is 5.75 Å². The molecule has 8 rings (SSSR count). The molecule has 4 N–H and O–H groups in total. The fraction of sp³-hybridized carbons (Fsp3) is 0.467. The Balaban J connectivity index is 0.000000506. The van der Waals surface area contributed by atoms with Gasteiger partial charge in [0.15, 0.2) is 5.78 Å². The van der Waals surface area contributed by atoms with Crippen LogP contribution >= 0.6 is 0 Å². The molecule has 0 saturated heterocycles. The standard InChI is InChI=1S/C43H47N7O13.C15H18N2O3.2CH4/c1-3-30-31-18-28(51)9-10-35(31)48-39-32(30)21-50-36(39)19-34-33(40(50)55)24-61-41(56)43(34,4-2)63-38(54)20-46-42(57)62-22-27-7-5-26(6-8-27)17-29(52)23-60-25-37(53)45-11-13-58-15-16-59-14-12-47-49-44;1-2-9-16-15(20)12-5-3-11(4-6-12)10-17-13(18)7-8-14(17)19;;/h5-10,18-19,51H,3-4,11-17,20-25H2,1-2H3,(H,45,53)(H,46,57);1,7-8,11-12H,3-6,9-10H2,(H,16,20);2*1H4/t43-;;;/m0.../s1. The van der Waals surface area contributed by atoms with Crippen molar-refractivity contribution in [3.8, 4) is 29.5 Å². The van der Waals surface area contributed by atoms with Crippen molar-refractivity contribution < 1.29 is 71.9 Å². The number of azide groups is 1. The number of ether oxygens (including phenoxy) is 6. The Morgan fingerprint density at radius 3 is 2.27 bits per heavy atom. The number of aryl methyl sites for hydroxylation is 1. The highest BCUT2D eigenvalue weighted by molar-refractivity contribution is 6.12. The lowest BCUT2D eigenvalue weighted by atomic mass is 9.81. The highest BCUT2D eigenvalue weighted by Gasteiger charge is 2.50. The summed E-state index contributed by atoms with van der Waals surface area (Å²) in [7, 11) is 0. The number of alkyl carbamates (subject to hydrolysis) is 1. The average Bonchev–Trinajstić information content (AvgIpc) is 1.90. The van der Waals surface area contributed by atoms with E-state index >= 15 is 0 Å². The van der Waals surface area contributed by atoms with E-state index in [0.717, 1.165) is 42.2 Å². The number of ketones is 1. The molecule has 1 aliphatic carbocycles. The van der Waals surface area contributed by atoms with Gasteiger partial charge in [0.1, 0.15) is 38.7 Å². The van der Waals surface area contributed by atoms with Crippen molar-refractivity contribution in [2.75, 3.05) is 72.4 Å². The van der Waals surface area contributed by atoms with Gasteiger partial charge < -0.3 is 54.0 Å². The van der Waals surface area contributed by atoms with Crippen LogP contribution in [0.15, 0.2) is 70.6 Å². The lowest BCUT2D eigenvalue weighted by Crippen LogP contribution is -2.48. The molecule has 0 radical (unpaired) electrons. The average molecular weight is 1180 g/mol. The van der Waals surface area contributed by atoms with Gasteiger partial charge in [-0.2, -0.15) is 0 Å². The summed E-state index contributed by atoms with van der Waals surface area (Å²) in [6.45, 7) is 4.53. The summed E-state index contributed by atoms with van der Waals surface area (Å²) in [4.78, 5) is 121. The summed E-state index contributed by atoms with van der Waals surface area (Å²) in [5.74, 6) is -0.163. The number of pyridine rings is 2. The molecular weight excluding hydrogens is 1100 g/mol. The first-order chi connectivity index (χ1) is 40.1. The molecule has 1 fully saturated rings. The molecule has 25 nitrogen and oxygen atoms in total. The number of carbonyl (C=O) groups is 8. The number of fused-ring (bicyclic) bond motifs is 5. The zero-order valence-electron chi connectivity index (χ0n) is 46.1. The number of Topliss-reactive ketones (excluding diaryl/α,β-unsaturated/α-hetero) is 1. The molecule has 5 heterocycles. The van der Waals surface area contributed by atoms with Gasteiger partial charge in [-0.25, -0.2) is 14.6 Å². The molecule has 4 aliphatic rings. The number of nitrogens with zero attached hydrogens (tertiary/aromatic N) is 6. The molecule has 4 aromatic rings. The topological polar surface area (TPSA) is 335 Å². The van der Waals surface area contributed by atoms with Crippen molar-refractivity contribution in [1.29, 1.82) is 0 Å². The largest absolute Gasteiger partial charge is 0.508 e. The lowest BCUT2D eigenvalue weighted by Gasteiger charge is -2.35. The van der Waals surface area contributed by atoms with Crippen LogP contribution in [0, 0.1) is 24.2 Å². The van der Waals surface area contributed by atoms with Crippen LogP contribution in [0.4, 0.5) is 4.79 Å². The van der Waals surface area contributed by atoms with E-state index in [4.69, 9.17) is 45.4 Å². The van der Waals surface area contributed by atoms with Crippen molar-refractivity contribution in [2.24, 2.45) is 17.0 Å². The van der Waals surface area contributed by atoms with E-state index in [9.17, 15) is 48.3 Å². The maximum absolute atomic E-state index is 14.0. The van der Waals surface area contributed by atoms with Gasteiger partial charge in [-0.1, -0.05) is 64.0 Å². The van der Waals surface area contributed by atoms with Gasteiger partial charge in [0.25, 0.3) is 17.4 Å². The maximum Gasteiger partial charge on any atom is 0.407 e. The number of amides is 5. The number of rotatable bonds is 26. The van der Waals surface area contributed by atoms with Crippen LogP contribution in [-0.4, -0.2) is 139 Å². The number of phenols is 1. The maximum atomic E-state index is 14.0. The van der Waals surface area contributed by atoms with Crippen molar-refractivity contribution in [1.82, 2.24) is 30.4 Å². The van der Waals surface area contributed by atoms with Crippen LogP contribution in [-0.2, 0) is 100 Å². The third-order valence-electron chi connectivity index (χ3n) is 14.3. The van der Waals surface area contributed by atoms with E-state index in [1.54, 1.807) is 54.0 Å². The molecule has 0 unspecified atom stereocenters. The highest BCUT2D eigenvalue weighted by atomic mass is 16.6. The number of cyclic esters (lactones) is 1. The minimum Gasteiger partial charge on any atom is -0.508 e. The molecule has 2 aromatic carbocycles. The van der Waals surface area contributed by atoms with Crippen LogP contribution < -0.4 is 21.5 Å². The van der Waals surface area contributed by atoms with Crippen LogP contribution in [0.25, 0.3) is 32.7 Å². The lowest BCUT2D eigenvalue weighted by molar-refractivity contribution is -0.188. The molecule has 25 heteroatoms. The number of benzene rings is 2. The number of hydrogen-bond donors (Lipinski definition) is 4. The number of aromatic nitrogens is 2. The molecule has 85 heavy (non-hydrogen) atoms. The molecule has 2 aromatic heterocycles. The Hall–Kier alpha value is -8.95. The Morgan fingerprint density at radius 1 is 0.882 bits per heavy atom. The van der Waals surface area contributed by atoms with Gasteiger partial charge in [0.05, 0.1) is 62.0 Å². The van der Waals surface area contributed by atoms with Gasteiger partial charge in [-0.3, -0.25) is 38.5 Å². The molecule has 1 atom stereocenters. The second kappa shape index (κ2) is 32.2. The SMILES string of the molecule is C.C.C#CCNC(=O)C1CCC(CN2C(=O)C=CC2=O)CC1.CCc1c2c(nc3ccc(O)cc13)-c1cc3c(c(=O)n1C2)COC(=O)[C@@]3(CC)OC(=O)CNC(=O)OCc1ccc(CC(=O)COCC(=O)NCCOCCOCCN=[N+]=[N-])cc1. The van der Waals surface area contributed by atoms with Gasteiger partial charge in [0, 0.05) is 65.5 Å². The number of phenolic OH excluding ortho intramolecular Hbond substituents is 1. The zero-order valence-corrected chi connectivity index (χ0v) is 46.1. The van der Waals surface area contributed by atoms with Crippen molar-refractivity contribution in [3.63, 3.8) is 0 Å². The molecule has 0 bridgehead atoms. The fourth-order valence-corrected chi connectivity index (χ4v) is 10.1. The summed E-state index contributed by atoms with van der Waals surface area (Å²) in [6, 6.07) is 13.2. The van der Waals surface area contributed by atoms with Crippen LogP contribution in [0.2, 0.25) is 0 Å². The number of esters is 2. The van der Waals surface area contributed by atoms with E-state index in [1.807, 2.05) is 6.92 Å². The second-order valence-corrected chi connectivity index (χ2v) is 19.8. The van der Waals surface area contributed by atoms with E-state index in [2.05, 4.69) is 31.9 Å². The van der Waals surface area contributed by atoms with Gasteiger partial charge in [-0.15, -0.1) is 6.42 Å². The second-order valence-electron chi connectivity index (χ2n) is 19.8. The minimum atomic E-state index is -1.97. The smallest absolute Gasteiger partial charge is 0.407 e. The number of terminal acetylenes is 1. The van der Waals surface area contributed by atoms with Crippen LogP contribution in [0.3, 0.4) is 0 Å². The van der Waals surface area contributed by atoms with Crippen molar-refractivity contribution >= 4 is 58.3 Å². The van der Waals surface area contributed by atoms with Gasteiger partial charge in [-0.05, 0) is 90.9 Å². The normalized spacial score (nSPS) is 17.0. The predicted octanol–water partition coefficient (Wildman–Crippen LogP) is 5.15. The molecule has 454 valence electrons. The van der Waals surface area contributed by atoms with E-state index in [1.165, 1.54) is 23.1 Å². The third-order valence-corrected chi connectivity index (χ3v) is 14.3.